The van der Waals surface area contributed by atoms with Gasteiger partial charge in [0, 0.05) is 30.2 Å². The molecule has 2 aliphatic carbocycles. The molecule has 0 spiro atoms. The number of hydrogen-bond donors (Lipinski definition) is 1. The highest BCUT2D eigenvalue weighted by molar-refractivity contribution is 5.90. The van der Waals surface area contributed by atoms with Crippen LogP contribution in [0.3, 0.4) is 0 Å². The number of aryl methyl sites for hydroxylation is 1. The quantitative estimate of drug-likeness (QED) is 0.918. The standard InChI is InChI=1S/C20H24N2O/c1-2-13-4-3-5-16-17(12-21-18(13)16)14-6-8-22(9-7-14)19(23)20-10-15(20)11-20/h3-5,12,14-15,21H,2,6-11H2,1H3. The van der Waals surface area contributed by atoms with Gasteiger partial charge >= 0.3 is 0 Å². The third kappa shape index (κ3) is 1.92. The predicted octanol–water partition coefficient (Wildman–Crippen LogP) is 3.85. The number of hydrogen-bond acceptors (Lipinski definition) is 1. The molecule has 3 fully saturated rings. The van der Waals surface area contributed by atoms with Crippen molar-refractivity contribution in [3.63, 3.8) is 0 Å². The van der Waals surface area contributed by atoms with Gasteiger partial charge in [0.15, 0.2) is 0 Å². The number of carbonyl (C=O) groups excluding carboxylic acids is 1. The summed E-state index contributed by atoms with van der Waals surface area (Å²) in [6, 6.07) is 6.64. The minimum atomic E-state index is 0.143. The molecule has 3 heteroatoms. The van der Waals surface area contributed by atoms with Crippen molar-refractivity contribution in [1.82, 2.24) is 9.88 Å². The molecule has 1 saturated heterocycles. The summed E-state index contributed by atoms with van der Waals surface area (Å²) >= 11 is 0. The Morgan fingerprint density at radius 3 is 2.70 bits per heavy atom. The van der Waals surface area contributed by atoms with E-state index in [1.807, 2.05) is 0 Å². The first-order valence-corrected chi connectivity index (χ1v) is 9.11. The summed E-state index contributed by atoms with van der Waals surface area (Å²) in [7, 11) is 0. The zero-order valence-corrected chi connectivity index (χ0v) is 13.8. The molecule has 0 atom stereocenters. The van der Waals surface area contributed by atoms with Crippen molar-refractivity contribution < 1.29 is 4.79 Å². The van der Waals surface area contributed by atoms with Gasteiger partial charge in [0.2, 0.25) is 5.91 Å². The van der Waals surface area contributed by atoms with Gasteiger partial charge in [-0.1, -0.05) is 25.1 Å². The molecular formula is C20H24N2O. The fourth-order valence-corrected chi connectivity index (χ4v) is 4.63. The van der Waals surface area contributed by atoms with Crippen LogP contribution in [-0.4, -0.2) is 28.9 Å². The zero-order valence-electron chi connectivity index (χ0n) is 13.8. The SMILES string of the molecule is CCc1cccc2c(C3CCN(C(=O)C45CC4C5)CC3)c[nH]c12. The Bertz CT molecular complexity index is 776. The van der Waals surface area contributed by atoms with Crippen LogP contribution in [0.2, 0.25) is 0 Å². The van der Waals surface area contributed by atoms with Gasteiger partial charge in [0.05, 0.1) is 5.41 Å². The molecule has 120 valence electrons. The Morgan fingerprint density at radius 1 is 1.30 bits per heavy atom. The van der Waals surface area contributed by atoms with Gasteiger partial charge < -0.3 is 9.88 Å². The smallest absolute Gasteiger partial charge is 0.229 e. The Balaban J connectivity index is 1.35. The predicted molar refractivity (Wildman–Crippen MR) is 91.4 cm³/mol. The molecule has 1 aromatic heterocycles. The topological polar surface area (TPSA) is 36.1 Å². The molecule has 2 saturated carbocycles. The lowest BCUT2D eigenvalue weighted by Gasteiger charge is -2.33. The number of aromatic nitrogens is 1. The molecule has 1 aromatic carbocycles. The van der Waals surface area contributed by atoms with E-state index in [-0.39, 0.29) is 5.41 Å². The highest BCUT2D eigenvalue weighted by Gasteiger charge is 2.75. The van der Waals surface area contributed by atoms with Gasteiger partial charge in [-0.2, -0.15) is 0 Å². The van der Waals surface area contributed by atoms with E-state index < -0.39 is 0 Å². The Labute approximate surface area is 137 Å². The summed E-state index contributed by atoms with van der Waals surface area (Å²) in [6.07, 6.45) is 7.84. The van der Waals surface area contributed by atoms with E-state index in [9.17, 15) is 4.79 Å². The number of aromatic amines is 1. The van der Waals surface area contributed by atoms with Crippen LogP contribution in [0.25, 0.3) is 10.9 Å². The van der Waals surface area contributed by atoms with E-state index in [1.54, 1.807) is 0 Å². The molecule has 0 bridgehead atoms. The largest absolute Gasteiger partial charge is 0.361 e. The van der Waals surface area contributed by atoms with E-state index in [2.05, 4.69) is 41.2 Å². The molecule has 0 radical (unpaired) electrons. The zero-order chi connectivity index (χ0) is 15.6. The molecule has 1 N–H and O–H groups in total. The van der Waals surface area contributed by atoms with Crippen LogP contribution in [0.4, 0.5) is 0 Å². The molecule has 3 nitrogen and oxygen atoms in total. The molecule has 2 aromatic rings. The number of carbonyl (C=O) groups is 1. The van der Waals surface area contributed by atoms with Crippen molar-refractivity contribution in [2.45, 2.75) is 44.9 Å². The summed E-state index contributed by atoms with van der Waals surface area (Å²) < 4.78 is 0. The number of benzene rings is 1. The number of piperidine rings is 1. The van der Waals surface area contributed by atoms with Crippen molar-refractivity contribution in [2.75, 3.05) is 13.1 Å². The normalized spacial score (nSPS) is 29.6. The van der Waals surface area contributed by atoms with Crippen molar-refractivity contribution in [3.05, 3.63) is 35.5 Å². The second-order valence-electron chi connectivity index (χ2n) is 7.77. The first-order valence-electron chi connectivity index (χ1n) is 9.11. The molecule has 3 aliphatic rings. The van der Waals surface area contributed by atoms with Crippen LogP contribution < -0.4 is 0 Å². The first kappa shape index (κ1) is 13.6. The van der Waals surface area contributed by atoms with Gasteiger partial charge in [0.25, 0.3) is 0 Å². The van der Waals surface area contributed by atoms with Crippen LogP contribution in [-0.2, 0) is 11.2 Å². The number of rotatable bonds is 3. The summed E-state index contributed by atoms with van der Waals surface area (Å²) in [5.41, 5.74) is 4.30. The van der Waals surface area contributed by atoms with E-state index >= 15 is 0 Å². The van der Waals surface area contributed by atoms with Gasteiger partial charge in [-0.3, -0.25) is 4.79 Å². The van der Waals surface area contributed by atoms with Gasteiger partial charge in [-0.05, 0) is 55.1 Å². The van der Waals surface area contributed by atoms with Crippen LogP contribution in [0, 0.1) is 11.3 Å². The number of fused-ring (bicyclic) bond motifs is 2. The number of para-hydroxylation sites is 1. The third-order valence-electron chi connectivity index (χ3n) is 6.55. The van der Waals surface area contributed by atoms with Gasteiger partial charge in [-0.15, -0.1) is 0 Å². The second kappa shape index (κ2) is 4.62. The fraction of sp³-hybridized carbons (Fsp3) is 0.550. The first-order chi connectivity index (χ1) is 11.2. The van der Waals surface area contributed by atoms with Crippen molar-refractivity contribution in [2.24, 2.45) is 11.3 Å². The van der Waals surface area contributed by atoms with Crippen LogP contribution >= 0.6 is 0 Å². The maximum atomic E-state index is 12.5. The summed E-state index contributed by atoms with van der Waals surface area (Å²) in [5, 5.41) is 1.39. The fourth-order valence-electron chi connectivity index (χ4n) is 4.63. The highest BCUT2D eigenvalue weighted by Crippen LogP contribution is 2.76. The number of nitrogens with zero attached hydrogens (tertiary/aromatic N) is 1. The number of amides is 1. The average Bonchev–Trinajstić information content (AvgIpc) is 3.42. The van der Waals surface area contributed by atoms with Gasteiger partial charge in [0.1, 0.15) is 0 Å². The third-order valence-corrected chi connectivity index (χ3v) is 6.55. The average molecular weight is 308 g/mol. The van der Waals surface area contributed by atoms with E-state index in [1.165, 1.54) is 34.9 Å². The molecule has 5 rings (SSSR count). The lowest BCUT2D eigenvalue weighted by atomic mass is 9.88. The summed E-state index contributed by atoms with van der Waals surface area (Å²) in [5.74, 6) is 1.81. The van der Waals surface area contributed by atoms with Crippen molar-refractivity contribution in [1.29, 1.82) is 0 Å². The van der Waals surface area contributed by atoms with Crippen molar-refractivity contribution in [3.8, 4) is 0 Å². The minimum Gasteiger partial charge on any atom is -0.361 e. The van der Waals surface area contributed by atoms with E-state index in [4.69, 9.17) is 0 Å². The van der Waals surface area contributed by atoms with Crippen LogP contribution in [0.15, 0.2) is 24.4 Å². The highest BCUT2D eigenvalue weighted by atomic mass is 16.2. The summed E-state index contributed by atoms with van der Waals surface area (Å²) in [6.45, 7) is 4.10. The number of nitrogens with one attached hydrogen (secondary N) is 1. The Hall–Kier alpha value is -1.77. The monoisotopic (exact) mass is 308 g/mol. The lowest BCUT2D eigenvalue weighted by molar-refractivity contribution is -0.135. The Morgan fingerprint density at radius 2 is 2.04 bits per heavy atom. The maximum absolute atomic E-state index is 12.5. The Kier molecular flexibility index (Phi) is 2.74. The van der Waals surface area contributed by atoms with Crippen LogP contribution in [0.1, 0.15) is 49.7 Å². The van der Waals surface area contributed by atoms with Gasteiger partial charge in [-0.25, -0.2) is 0 Å². The lowest BCUT2D eigenvalue weighted by Crippen LogP contribution is -2.40. The molecule has 0 unspecified atom stereocenters. The number of H-pyrrole nitrogens is 1. The molecule has 1 amide bonds. The molecular weight excluding hydrogens is 284 g/mol. The van der Waals surface area contributed by atoms with E-state index in [0.717, 1.165) is 38.3 Å². The maximum Gasteiger partial charge on any atom is 0.229 e. The summed E-state index contributed by atoms with van der Waals surface area (Å²) in [4.78, 5) is 18.2. The van der Waals surface area contributed by atoms with E-state index in [0.29, 0.717) is 11.8 Å². The molecule has 1 aliphatic heterocycles. The second-order valence-corrected chi connectivity index (χ2v) is 7.77. The molecule has 23 heavy (non-hydrogen) atoms. The number of likely N-dealkylation sites (tertiary alicyclic amines) is 1. The van der Waals surface area contributed by atoms with Crippen LogP contribution in [0.5, 0.6) is 0 Å². The molecule has 2 heterocycles. The minimum absolute atomic E-state index is 0.143. The van der Waals surface area contributed by atoms with Crippen molar-refractivity contribution >= 4 is 16.8 Å².